The van der Waals surface area contributed by atoms with Crippen molar-refractivity contribution in [3.05, 3.63) is 52.5 Å². The molecule has 1 aliphatic carbocycles. The minimum absolute atomic E-state index is 0.0769. The third kappa shape index (κ3) is 3.98. The highest BCUT2D eigenvalue weighted by Gasteiger charge is 2.46. The first-order valence-electron chi connectivity index (χ1n) is 9.11. The summed E-state index contributed by atoms with van der Waals surface area (Å²) in [7, 11) is 0. The number of para-hydroxylation sites is 1. The van der Waals surface area contributed by atoms with E-state index in [2.05, 4.69) is 6.07 Å². The van der Waals surface area contributed by atoms with Gasteiger partial charge in [0.05, 0.1) is 0 Å². The highest BCUT2D eigenvalue weighted by Crippen LogP contribution is 2.50. The molecule has 0 radical (unpaired) electrons. The standard InChI is InChI=1S/C20H21FN2O3S/c21-16-4-1-2-5-17(16)26-13-19(24)22-7-9-23(10-8-22)20(25)15-12-14(15)18-6-3-11-27-18/h1-6,11,14-15H,7-10,12-13H2/t14-,15-/m1/s1. The number of benzene rings is 1. The van der Waals surface area contributed by atoms with Gasteiger partial charge in [-0.2, -0.15) is 0 Å². The molecule has 7 heteroatoms. The lowest BCUT2D eigenvalue weighted by Crippen LogP contribution is -2.52. The molecule has 2 aromatic rings. The molecule has 1 saturated carbocycles. The second-order valence-electron chi connectivity index (χ2n) is 6.89. The van der Waals surface area contributed by atoms with Crippen LogP contribution in [0.5, 0.6) is 5.75 Å². The van der Waals surface area contributed by atoms with Crippen LogP contribution in [0.25, 0.3) is 0 Å². The average Bonchev–Trinajstić information content (AvgIpc) is 3.31. The zero-order chi connectivity index (χ0) is 18.8. The Labute approximate surface area is 161 Å². The lowest BCUT2D eigenvalue weighted by molar-refractivity contribution is -0.141. The van der Waals surface area contributed by atoms with Gasteiger partial charge in [-0.15, -0.1) is 11.3 Å². The van der Waals surface area contributed by atoms with E-state index in [1.54, 1.807) is 28.4 Å². The number of ether oxygens (including phenoxy) is 1. The van der Waals surface area contributed by atoms with Crippen molar-refractivity contribution in [1.29, 1.82) is 0 Å². The number of piperazine rings is 1. The quantitative estimate of drug-likeness (QED) is 0.791. The van der Waals surface area contributed by atoms with E-state index >= 15 is 0 Å². The Bertz CT molecular complexity index is 818. The molecule has 5 nitrogen and oxygen atoms in total. The van der Waals surface area contributed by atoms with Gasteiger partial charge in [0.25, 0.3) is 5.91 Å². The van der Waals surface area contributed by atoms with Crippen molar-refractivity contribution < 1.29 is 18.7 Å². The van der Waals surface area contributed by atoms with E-state index in [1.807, 2.05) is 16.3 Å². The van der Waals surface area contributed by atoms with Crippen molar-refractivity contribution in [3.63, 3.8) is 0 Å². The summed E-state index contributed by atoms with van der Waals surface area (Å²) in [5.41, 5.74) is 0. The van der Waals surface area contributed by atoms with Crippen molar-refractivity contribution >= 4 is 23.2 Å². The maximum atomic E-state index is 13.5. The van der Waals surface area contributed by atoms with Crippen LogP contribution >= 0.6 is 11.3 Å². The largest absolute Gasteiger partial charge is 0.481 e. The molecule has 2 atom stereocenters. The smallest absolute Gasteiger partial charge is 0.260 e. The van der Waals surface area contributed by atoms with Gasteiger partial charge in [-0.3, -0.25) is 9.59 Å². The Morgan fingerprint density at radius 2 is 1.81 bits per heavy atom. The summed E-state index contributed by atoms with van der Waals surface area (Å²) >= 11 is 1.71. The van der Waals surface area contributed by atoms with Gasteiger partial charge >= 0.3 is 0 Å². The first-order chi connectivity index (χ1) is 13.1. The van der Waals surface area contributed by atoms with Crippen LogP contribution in [-0.4, -0.2) is 54.4 Å². The second-order valence-corrected chi connectivity index (χ2v) is 7.87. The first kappa shape index (κ1) is 18.0. The molecule has 0 spiro atoms. The van der Waals surface area contributed by atoms with Gasteiger partial charge in [-0.1, -0.05) is 18.2 Å². The summed E-state index contributed by atoms with van der Waals surface area (Å²) in [6.45, 7) is 1.86. The van der Waals surface area contributed by atoms with Crippen molar-refractivity contribution in [2.24, 2.45) is 5.92 Å². The molecule has 1 saturated heterocycles. The third-order valence-electron chi connectivity index (χ3n) is 5.15. The Hall–Kier alpha value is -2.41. The molecule has 0 unspecified atom stereocenters. The highest BCUT2D eigenvalue weighted by atomic mass is 32.1. The van der Waals surface area contributed by atoms with E-state index in [0.29, 0.717) is 32.1 Å². The van der Waals surface area contributed by atoms with Gasteiger partial charge in [0, 0.05) is 42.9 Å². The first-order valence-corrected chi connectivity index (χ1v) is 9.99. The molecule has 2 fully saturated rings. The summed E-state index contributed by atoms with van der Waals surface area (Å²) in [4.78, 5) is 29.8. The molecule has 2 heterocycles. The summed E-state index contributed by atoms with van der Waals surface area (Å²) in [6.07, 6.45) is 0.926. The molecule has 2 amide bonds. The van der Waals surface area contributed by atoms with Crippen LogP contribution in [-0.2, 0) is 9.59 Å². The van der Waals surface area contributed by atoms with Gasteiger partial charge in [0.2, 0.25) is 5.91 Å². The third-order valence-corrected chi connectivity index (χ3v) is 6.15. The Kier molecular flexibility index (Phi) is 5.11. The summed E-state index contributed by atoms with van der Waals surface area (Å²) < 4.78 is 18.8. The monoisotopic (exact) mass is 388 g/mol. The van der Waals surface area contributed by atoms with Crippen LogP contribution in [0.15, 0.2) is 41.8 Å². The van der Waals surface area contributed by atoms with Crippen LogP contribution in [0.4, 0.5) is 4.39 Å². The fraction of sp³-hybridized carbons (Fsp3) is 0.400. The van der Waals surface area contributed by atoms with Crippen molar-refractivity contribution in [3.8, 4) is 5.75 Å². The van der Waals surface area contributed by atoms with Gasteiger partial charge in [0.1, 0.15) is 0 Å². The van der Waals surface area contributed by atoms with Crippen LogP contribution in [0.3, 0.4) is 0 Å². The zero-order valence-electron chi connectivity index (χ0n) is 14.8. The predicted molar refractivity (Wildman–Crippen MR) is 100 cm³/mol. The van der Waals surface area contributed by atoms with Crippen LogP contribution < -0.4 is 4.74 Å². The van der Waals surface area contributed by atoms with E-state index in [-0.39, 0.29) is 30.1 Å². The van der Waals surface area contributed by atoms with E-state index in [9.17, 15) is 14.0 Å². The Morgan fingerprint density at radius 1 is 1.07 bits per heavy atom. The number of carbonyl (C=O) groups is 2. The molecule has 142 valence electrons. The topological polar surface area (TPSA) is 49.9 Å². The minimum atomic E-state index is -0.481. The van der Waals surface area contributed by atoms with Gasteiger partial charge in [-0.05, 0) is 30.0 Å². The van der Waals surface area contributed by atoms with Crippen LogP contribution in [0, 0.1) is 11.7 Å². The van der Waals surface area contributed by atoms with Crippen LogP contribution in [0.2, 0.25) is 0 Å². The molecule has 2 aliphatic rings. The van der Waals surface area contributed by atoms with E-state index in [4.69, 9.17) is 4.74 Å². The number of halogens is 1. The van der Waals surface area contributed by atoms with E-state index < -0.39 is 5.82 Å². The number of thiophene rings is 1. The van der Waals surface area contributed by atoms with E-state index in [0.717, 1.165) is 6.42 Å². The molecule has 1 aromatic carbocycles. The molecular formula is C20H21FN2O3S. The Balaban J connectivity index is 1.23. The SMILES string of the molecule is O=C(COc1ccccc1F)N1CCN(C(=O)[C@@H]2C[C@H]2c2cccs2)CC1. The molecule has 27 heavy (non-hydrogen) atoms. The number of carbonyl (C=O) groups excluding carboxylic acids is 2. The van der Waals surface area contributed by atoms with Crippen molar-refractivity contribution in [2.45, 2.75) is 12.3 Å². The summed E-state index contributed by atoms with van der Waals surface area (Å²) in [5, 5.41) is 2.04. The highest BCUT2D eigenvalue weighted by molar-refractivity contribution is 7.10. The normalized spacial score (nSPS) is 21.8. The molecule has 0 bridgehead atoms. The van der Waals surface area contributed by atoms with Crippen molar-refractivity contribution in [2.75, 3.05) is 32.8 Å². The number of hydrogen-bond acceptors (Lipinski definition) is 4. The molecular weight excluding hydrogens is 367 g/mol. The minimum Gasteiger partial charge on any atom is -0.481 e. The average molecular weight is 388 g/mol. The van der Waals surface area contributed by atoms with E-state index in [1.165, 1.54) is 17.0 Å². The zero-order valence-corrected chi connectivity index (χ0v) is 15.7. The molecule has 1 aliphatic heterocycles. The number of amides is 2. The summed E-state index contributed by atoms with van der Waals surface area (Å²) in [5.74, 6) is 0.0661. The molecule has 0 N–H and O–H groups in total. The lowest BCUT2D eigenvalue weighted by Gasteiger charge is -2.35. The molecule has 4 rings (SSSR count). The lowest BCUT2D eigenvalue weighted by atomic mass is 10.2. The van der Waals surface area contributed by atoms with Gasteiger partial charge < -0.3 is 14.5 Å². The predicted octanol–water partition coefficient (Wildman–Crippen LogP) is 2.74. The summed E-state index contributed by atoms with van der Waals surface area (Å²) in [6, 6.07) is 10.1. The fourth-order valence-electron chi connectivity index (χ4n) is 3.49. The van der Waals surface area contributed by atoms with Crippen LogP contribution in [0.1, 0.15) is 17.2 Å². The number of nitrogens with zero attached hydrogens (tertiary/aromatic N) is 2. The number of hydrogen-bond donors (Lipinski definition) is 0. The maximum Gasteiger partial charge on any atom is 0.260 e. The van der Waals surface area contributed by atoms with Crippen molar-refractivity contribution in [1.82, 2.24) is 9.80 Å². The maximum absolute atomic E-state index is 13.5. The second kappa shape index (κ2) is 7.68. The fourth-order valence-corrected chi connectivity index (χ4v) is 4.39. The van der Waals surface area contributed by atoms with Gasteiger partial charge in [0.15, 0.2) is 18.2 Å². The Morgan fingerprint density at radius 3 is 2.52 bits per heavy atom. The van der Waals surface area contributed by atoms with Gasteiger partial charge in [-0.25, -0.2) is 4.39 Å². The molecule has 1 aromatic heterocycles. The number of rotatable bonds is 5.